The number of hydrogen-bond donors (Lipinski definition) is 0. The molecule has 0 N–H and O–H groups in total. The van der Waals surface area contributed by atoms with Crippen molar-refractivity contribution in [2.24, 2.45) is 7.05 Å². The van der Waals surface area contributed by atoms with Gasteiger partial charge in [-0.1, -0.05) is 0 Å². The van der Waals surface area contributed by atoms with Crippen molar-refractivity contribution in [3.8, 4) is 11.4 Å². The van der Waals surface area contributed by atoms with Gasteiger partial charge in [0.15, 0.2) is 5.78 Å². The molecular weight excluding hydrogens is 292 g/mol. The summed E-state index contributed by atoms with van der Waals surface area (Å²) in [7, 11) is 1.74. The largest absolute Gasteiger partial charge is 0.294 e. The second kappa shape index (κ2) is 7.35. The predicted octanol–water partition coefficient (Wildman–Crippen LogP) is 2.17. The topological polar surface area (TPSA) is 86.5 Å². The average Bonchev–Trinajstić information content (AvgIpc) is 2.94. The highest BCUT2D eigenvalue weighted by Crippen LogP contribution is 2.12. The van der Waals surface area contributed by atoms with Crippen molar-refractivity contribution in [3.63, 3.8) is 0 Å². The maximum absolute atomic E-state index is 10.8. The first kappa shape index (κ1) is 16.4. The summed E-state index contributed by atoms with van der Waals surface area (Å²) in [6, 6.07) is 3.80. The molecule has 3 rings (SSSR count). The van der Waals surface area contributed by atoms with Gasteiger partial charge in [-0.3, -0.25) is 14.8 Å². The van der Waals surface area contributed by atoms with Gasteiger partial charge < -0.3 is 0 Å². The average molecular weight is 310 g/mol. The third-order valence-corrected chi connectivity index (χ3v) is 2.92. The predicted molar refractivity (Wildman–Crippen MR) is 85.7 cm³/mol. The fourth-order valence-corrected chi connectivity index (χ4v) is 1.82. The highest BCUT2D eigenvalue weighted by Gasteiger charge is 2.03. The smallest absolute Gasteiger partial charge is 0.206 e. The van der Waals surface area contributed by atoms with Crippen LogP contribution in [0.5, 0.6) is 0 Å². The maximum atomic E-state index is 10.8. The van der Waals surface area contributed by atoms with Gasteiger partial charge in [0, 0.05) is 35.9 Å². The van der Waals surface area contributed by atoms with Gasteiger partial charge in [-0.05, 0) is 49.2 Å². The minimum atomic E-state index is 0.0659. The molecule has 0 saturated heterocycles. The fraction of sp³-hybridized carbons (Fsp3) is 0.250. The monoisotopic (exact) mass is 310 g/mol. The van der Waals surface area contributed by atoms with Crippen LogP contribution in [0.3, 0.4) is 0 Å². The van der Waals surface area contributed by atoms with Crippen LogP contribution in [0.4, 0.5) is 0 Å². The van der Waals surface area contributed by atoms with Crippen molar-refractivity contribution in [1.29, 1.82) is 0 Å². The van der Waals surface area contributed by atoms with Crippen LogP contribution in [0.25, 0.3) is 11.4 Å². The van der Waals surface area contributed by atoms with Crippen molar-refractivity contribution in [2.45, 2.75) is 20.8 Å². The van der Waals surface area contributed by atoms with Crippen LogP contribution in [0.2, 0.25) is 0 Å². The maximum Gasteiger partial charge on any atom is 0.206 e. The van der Waals surface area contributed by atoms with E-state index in [1.807, 2.05) is 26.0 Å². The Morgan fingerprint density at radius 3 is 2.13 bits per heavy atom. The number of hydrogen-bond acceptors (Lipinski definition) is 6. The molecule has 0 aliphatic carbocycles. The number of aryl methyl sites for hydroxylation is 3. The van der Waals surface area contributed by atoms with Crippen molar-refractivity contribution in [2.75, 3.05) is 0 Å². The molecule has 0 saturated carbocycles. The molecule has 0 spiro atoms. The number of tetrazole rings is 1. The van der Waals surface area contributed by atoms with E-state index in [0.717, 1.165) is 16.7 Å². The first-order valence-corrected chi connectivity index (χ1v) is 7.04. The molecule has 0 unspecified atom stereocenters. The van der Waals surface area contributed by atoms with Gasteiger partial charge in [-0.15, -0.1) is 10.2 Å². The summed E-state index contributed by atoms with van der Waals surface area (Å²) in [6.07, 6.45) is 6.83. The van der Waals surface area contributed by atoms with Crippen LogP contribution in [0.1, 0.15) is 28.4 Å². The van der Waals surface area contributed by atoms with Crippen LogP contribution in [-0.2, 0) is 7.05 Å². The van der Waals surface area contributed by atoms with Crippen LogP contribution in [-0.4, -0.2) is 36.0 Å². The molecule has 0 atom stereocenters. The van der Waals surface area contributed by atoms with E-state index < -0.39 is 0 Å². The molecular formula is C16H18N6O. The first-order chi connectivity index (χ1) is 11.0. The van der Waals surface area contributed by atoms with E-state index in [-0.39, 0.29) is 5.78 Å². The number of Topliss-reactive ketones (excluding diaryl/α,β-unsaturated/α-hetero) is 1. The van der Waals surface area contributed by atoms with Crippen LogP contribution in [0, 0.1) is 13.8 Å². The Morgan fingerprint density at radius 1 is 1.00 bits per heavy atom. The first-order valence-electron chi connectivity index (χ1n) is 7.04. The van der Waals surface area contributed by atoms with Gasteiger partial charge in [0.1, 0.15) is 0 Å². The highest BCUT2D eigenvalue weighted by molar-refractivity contribution is 5.93. The molecule has 118 valence electrons. The number of nitrogens with zero attached hydrogens (tertiary/aromatic N) is 6. The van der Waals surface area contributed by atoms with Gasteiger partial charge in [-0.25, -0.2) is 0 Å². The molecule has 0 aliphatic heterocycles. The minimum Gasteiger partial charge on any atom is -0.294 e. The Hall–Kier alpha value is -2.96. The zero-order valence-electron chi connectivity index (χ0n) is 13.6. The van der Waals surface area contributed by atoms with Gasteiger partial charge in [0.05, 0.1) is 7.05 Å². The second-order valence-electron chi connectivity index (χ2n) is 5.16. The summed E-state index contributed by atoms with van der Waals surface area (Å²) in [4.78, 5) is 20.1. The number of ketones is 1. The van der Waals surface area contributed by atoms with Crippen LogP contribution in [0.15, 0.2) is 36.9 Å². The Bertz CT molecular complexity index is 812. The number of pyridine rings is 2. The molecule has 3 aromatic heterocycles. The molecule has 0 bridgehead atoms. The Kier molecular flexibility index (Phi) is 5.24. The van der Waals surface area contributed by atoms with Gasteiger partial charge in [0.25, 0.3) is 0 Å². The van der Waals surface area contributed by atoms with Crippen molar-refractivity contribution in [1.82, 2.24) is 30.2 Å². The van der Waals surface area contributed by atoms with E-state index in [1.165, 1.54) is 11.7 Å². The number of carbonyl (C=O) groups is 1. The number of aromatic nitrogens is 6. The Labute approximate surface area is 134 Å². The van der Waals surface area contributed by atoms with Crippen molar-refractivity contribution < 1.29 is 4.79 Å². The SMILES string of the molecule is CC(=O)c1cncc(C)c1.Cc1cncc(-c2nnn(C)n2)c1. The third-order valence-electron chi connectivity index (χ3n) is 2.92. The van der Waals surface area contributed by atoms with Crippen molar-refractivity contribution >= 4 is 5.78 Å². The summed E-state index contributed by atoms with van der Waals surface area (Å²) >= 11 is 0. The molecule has 7 heteroatoms. The summed E-state index contributed by atoms with van der Waals surface area (Å²) < 4.78 is 0. The van der Waals surface area contributed by atoms with E-state index in [2.05, 4.69) is 25.4 Å². The van der Waals surface area contributed by atoms with E-state index >= 15 is 0 Å². The molecule has 0 fully saturated rings. The molecule has 0 aromatic carbocycles. The molecule has 3 aromatic rings. The normalized spacial score (nSPS) is 9.91. The summed E-state index contributed by atoms with van der Waals surface area (Å²) in [5.41, 5.74) is 3.69. The standard InChI is InChI=1S/C8H9N5.C8H9NO/c1-6-3-7(5-9-4-6)8-10-12-13(2)11-8;1-6-3-8(7(2)10)5-9-4-6/h3-5H,1-2H3;3-5H,1-2H3. The van der Waals surface area contributed by atoms with Gasteiger partial charge in [0.2, 0.25) is 5.82 Å². The number of carbonyl (C=O) groups excluding carboxylic acids is 1. The minimum absolute atomic E-state index is 0.0659. The van der Waals surface area contributed by atoms with E-state index in [0.29, 0.717) is 11.4 Å². The van der Waals surface area contributed by atoms with Crippen LogP contribution >= 0.6 is 0 Å². The van der Waals surface area contributed by atoms with Crippen molar-refractivity contribution in [3.05, 3.63) is 53.6 Å². The summed E-state index contributed by atoms with van der Waals surface area (Å²) in [6.45, 7) is 5.43. The second-order valence-corrected chi connectivity index (χ2v) is 5.16. The zero-order chi connectivity index (χ0) is 16.8. The molecule has 0 amide bonds. The highest BCUT2D eigenvalue weighted by atomic mass is 16.1. The fourth-order valence-electron chi connectivity index (χ4n) is 1.82. The van der Waals surface area contributed by atoms with E-state index in [4.69, 9.17) is 0 Å². The zero-order valence-corrected chi connectivity index (χ0v) is 13.6. The van der Waals surface area contributed by atoms with E-state index in [9.17, 15) is 4.79 Å². The third kappa shape index (κ3) is 4.77. The lowest BCUT2D eigenvalue weighted by molar-refractivity contribution is 0.101. The lowest BCUT2D eigenvalue weighted by Crippen LogP contribution is -1.92. The number of rotatable bonds is 2. The molecule has 0 radical (unpaired) electrons. The lowest BCUT2D eigenvalue weighted by atomic mass is 10.2. The quantitative estimate of drug-likeness (QED) is 0.674. The van der Waals surface area contributed by atoms with Gasteiger partial charge >= 0.3 is 0 Å². The molecule has 3 heterocycles. The summed E-state index contributed by atoms with van der Waals surface area (Å²) in [5, 5.41) is 11.7. The molecule has 0 aliphatic rings. The Balaban J connectivity index is 0.000000174. The van der Waals surface area contributed by atoms with E-state index in [1.54, 1.807) is 31.8 Å². The lowest BCUT2D eigenvalue weighted by Gasteiger charge is -1.94. The van der Waals surface area contributed by atoms with Crippen LogP contribution < -0.4 is 0 Å². The summed E-state index contributed by atoms with van der Waals surface area (Å²) in [5.74, 6) is 0.676. The Morgan fingerprint density at radius 2 is 1.65 bits per heavy atom. The molecule has 7 nitrogen and oxygen atoms in total. The van der Waals surface area contributed by atoms with Gasteiger partial charge in [-0.2, -0.15) is 4.80 Å². The molecule has 23 heavy (non-hydrogen) atoms.